The standard InChI is InChI=1S/C11H10BrFN2O2/c1-15-10(16)5-9(11(15)17)14-6-2-3-7(12)8(13)4-6/h2-4,9,14H,5H2,1H3. The quantitative estimate of drug-likeness (QED) is 0.847. The Balaban J connectivity index is 2.14. The molecule has 1 unspecified atom stereocenters. The molecule has 0 radical (unpaired) electrons. The van der Waals surface area contributed by atoms with Gasteiger partial charge in [0.1, 0.15) is 11.9 Å². The number of nitrogens with one attached hydrogen (secondary N) is 1. The molecule has 1 aliphatic rings. The van der Waals surface area contributed by atoms with Crippen molar-refractivity contribution in [1.82, 2.24) is 4.90 Å². The number of benzene rings is 1. The summed E-state index contributed by atoms with van der Waals surface area (Å²) in [6, 6.07) is 3.86. The van der Waals surface area contributed by atoms with E-state index in [-0.39, 0.29) is 18.2 Å². The van der Waals surface area contributed by atoms with E-state index in [2.05, 4.69) is 21.2 Å². The van der Waals surface area contributed by atoms with Gasteiger partial charge in [0.15, 0.2) is 0 Å². The van der Waals surface area contributed by atoms with Crippen molar-refractivity contribution in [1.29, 1.82) is 0 Å². The lowest BCUT2D eigenvalue weighted by Crippen LogP contribution is -2.31. The Kier molecular flexibility index (Phi) is 3.15. The number of amides is 2. The molecule has 1 atom stereocenters. The predicted molar refractivity (Wildman–Crippen MR) is 63.9 cm³/mol. The first kappa shape index (κ1) is 12.0. The summed E-state index contributed by atoms with van der Waals surface area (Å²) in [5, 5.41) is 2.85. The molecular weight excluding hydrogens is 291 g/mol. The maximum absolute atomic E-state index is 13.3. The topological polar surface area (TPSA) is 49.4 Å². The fraction of sp³-hybridized carbons (Fsp3) is 0.273. The first-order chi connectivity index (χ1) is 7.99. The number of imide groups is 1. The first-order valence-corrected chi connectivity index (χ1v) is 5.80. The van der Waals surface area contributed by atoms with Crippen LogP contribution < -0.4 is 5.32 Å². The number of carbonyl (C=O) groups excluding carboxylic acids is 2. The molecule has 1 fully saturated rings. The van der Waals surface area contributed by atoms with Crippen molar-refractivity contribution in [3.63, 3.8) is 0 Å². The molecular formula is C11H10BrFN2O2. The molecule has 0 bridgehead atoms. The summed E-state index contributed by atoms with van der Waals surface area (Å²) in [5.74, 6) is -0.941. The zero-order valence-electron chi connectivity index (χ0n) is 9.04. The second-order valence-electron chi connectivity index (χ2n) is 3.82. The van der Waals surface area contributed by atoms with E-state index in [0.717, 1.165) is 4.90 Å². The molecule has 4 nitrogen and oxygen atoms in total. The molecule has 0 aliphatic carbocycles. The summed E-state index contributed by atoms with van der Waals surface area (Å²) < 4.78 is 13.6. The molecule has 0 saturated carbocycles. The van der Waals surface area contributed by atoms with Gasteiger partial charge in [-0.1, -0.05) is 0 Å². The normalized spacial score (nSPS) is 19.9. The van der Waals surface area contributed by atoms with E-state index in [9.17, 15) is 14.0 Å². The van der Waals surface area contributed by atoms with Crippen molar-refractivity contribution in [2.24, 2.45) is 0 Å². The lowest BCUT2D eigenvalue weighted by molar-refractivity contribution is -0.136. The van der Waals surface area contributed by atoms with Crippen LogP contribution in [0.1, 0.15) is 6.42 Å². The number of nitrogens with zero attached hydrogens (tertiary/aromatic N) is 1. The molecule has 1 heterocycles. The highest BCUT2D eigenvalue weighted by atomic mass is 79.9. The molecule has 2 rings (SSSR count). The Bertz CT molecular complexity index is 492. The van der Waals surface area contributed by atoms with Crippen LogP contribution in [0, 0.1) is 5.82 Å². The Hall–Kier alpha value is -1.43. The fourth-order valence-electron chi connectivity index (χ4n) is 1.66. The number of halogens is 2. The van der Waals surface area contributed by atoms with Crippen molar-refractivity contribution in [2.75, 3.05) is 12.4 Å². The van der Waals surface area contributed by atoms with E-state index in [1.807, 2.05) is 0 Å². The molecule has 1 N–H and O–H groups in total. The third-order valence-corrected chi connectivity index (χ3v) is 3.29. The van der Waals surface area contributed by atoms with Crippen molar-refractivity contribution in [2.45, 2.75) is 12.5 Å². The van der Waals surface area contributed by atoms with Crippen LogP contribution in [0.15, 0.2) is 22.7 Å². The lowest BCUT2D eigenvalue weighted by Gasteiger charge is -2.12. The molecule has 17 heavy (non-hydrogen) atoms. The fourth-order valence-corrected chi connectivity index (χ4v) is 1.90. The van der Waals surface area contributed by atoms with Crippen molar-refractivity contribution >= 4 is 33.4 Å². The van der Waals surface area contributed by atoms with Gasteiger partial charge in [0.2, 0.25) is 5.91 Å². The molecule has 1 aromatic rings. The number of carbonyl (C=O) groups is 2. The van der Waals surface area contributed by atoms with Gasteiger partial charge in [-0.05, 0) is 34.1 Å². The van der Waals surface area contributed by atoms with Gasteiger partial charge in [0.25, 0.3) is 5.91 Å². The average molecular weight is 301 g/mol. The highest BCUT2D eigenvalue weighted by Gasteiger charge is 2.35. The number of rotatable bonds is 2. The Labute approximate surface area is 106 Å². The van der Waals surface area contributed by atoms with Gasteiger partial charge < -0.3 is 5.32 Å². The third kappa shape index (κ3) is 2.31. The van der Waals surface area contributed by atoms with Gasteiger partial charge in [-0.3, -0.25) is 14.5 Å². The van der Waals surface area contributed by atoms with E-state index < -0.39 is 11.9 Å². The second-order valence-corrected chi connectivity index (χ2v) is 4.68. The Morgan fingerprint density at radius 2 is 2.18 bits per heavy atom. The molecule has 1 aromatic carbocycles. The number of anilines is 1. The smallest absolute Gasteiger partial charge is 0.251 e. The number of hydrogen-bond donors (Lipinski definition) is 1. The van der Waals surface area contributed by atoms with Gasteiger partial charge in [0.05, 0.1) is 10.9 Å². The van der Waals surface area contributed by atoms with Crippen LogP contribution in [-0.4, -0.2) is 29.8 Å². The van der Waals surface area contributed by atoms with E-state index in [0.29, 0.717) is 10.2 Å². The summed E-state index contributed by atoms with van der Waals surface area (Å²) in [5.41, 5.74) is 0.479. The van der Waals surface area contributed by atoms with Gasteiger partial charge in [-0.15, -0.1) is 0 Å². The minimum Gasteiger partial charge on any atom is -0.373 e. The molecule has 1 saturated heterocycles. The molecule has 2 amide bonds. The van der Waals surface area contributed by atoms with Crippen LogP contribution in [0.4, 0.5) is 10.1 Å². The highest BCUT2D eigenvalue weighted by molar-refractivity contribution is 9.10. The monoisotopic (exact) mass is 300 g/mol. The zero-order valence-corrected chi connectivity index (χ0v) is 10.6. The lowest BCUT2D eigenvalue weighted by atomic mass is 10.2. The summed E-state index contributed by atoms with van der Waals surface area (Å²) in [4.78, 5) is 24.0. The number of hydrogen-bond acceptors (Lipinski definition) is 3. The van der Waals surface area contributed by atoms with Gasteiger partial charge in [-0.2, -0.15) is 0 Å². The molecule has 0 spiro atoms. The minimum atomic E-state index is -0.604. The average Bonchev–Trinajstić information content (AvgIpc) is 2.52. The van der Waals surface area contributed by atoms with E-state index >= 15 is 0 Å². The largest absolute Gasteiger partial charge is 0.373 e. The minimum absolute atomic E-state index is 0.104. The van der Waals surface area contributed by atoms with Crippen molar-refractivity contribution in [3.05, 3.63) is 28.5 Å². The molecule has 90 valence electrons. The Morgan fingerprint density at radius 3 is 2.71 bits per heavy atom. The summed E-state index contributed by atoms with van der Waals surface area (Å²) in [6.07, 6.45) is 0.104. The zero-order chi connectivity index (χ0) is 12.6. The van der Waals surface area contributed by atoms with Crippen molar-refractivity contribution in [3.8, 4) is 0 Å². The van der Waals surface area contributed by atoms with Gasteiger partial charge in [0, 0.05) is 12.7 Å². The van der Waals surface area contributed by atoms with E-state index in [1.165, 1.54) is 13.1 Å². The SMILES string of the molecule is CN1C(=O)CC(Nc2ccc(Br)c(F)c2)C1=O. The molecule has 1 aliphatic heterocycles. The molecule has 0 aromatic heterocycles. The van der Waals surface area contributed by atoms with E-state index in [4.69, 9.17) is 0 Å². The van der Waals surface area contributed by atoms with Crippen LogP contribution in [0.5, 0.6) is 0 Å². The maximum Gasteiger partial charge on any atom is 0.251 e. The van der Waals surface area contributed by atoms with Crippen LogP contribution in [-0.2, 0) is 9.59 Å². The number of likely N-dealkylation sites (tertiary alicyclic amines) is 1. The third-order valence-electron chi connectivity index (χ3n) is 2.64. The van der Waals surface area contributed by atoms with Crippen LogP contribution in [0.25, 0.3) is 0 Å². The number of likely N-dealkylation sites (N-methyl/N-ethyl adjacent to an activating group) is 1. The summed E-state index contributed by atoms with van der Waals surface area (Å²) in [6.45, 7) is 0. The highest BCUT2D eigenvalue weighted by Crippen LogP contribution is 2.22. The maximum atomic E-state index is 13.3. The summed E-state index contributed by atoms with van der Waals surface area (Å²) >= 11 is 3.04. The summed E-state index contributed by atoms with van der Waals surface area (Å²) in [7, 11) is 1.44. The second kappa shape index (κ2) is 4.44. The van der Waals surface area contributed by atoms with Gasteiger partial charge in [-0.25, -0.2) is 4.39 Å². The van der Waals surface area contributed by atoms with E-state index in [1.54, 1.807) is 12.1 Å². The van der Waals surface area contributed by atoms with Crippen LogP contribution >= 0.6 is 15.9 Å². The van der Waals surface area contributed by atoms with Crippen molar-refractivity contribution < 1.29 is 14.0 Å². The molecule has 6 heteroatoms. The Morgan fingerprint density at radius 1 is 1.47 bits per heavy atom. The van der Waals surface area contributed by atoms with Crippen LogP contribution in [0.2, 0.25) is 0 Å². The first-order valence-electron chi connectivity index (χ1n) is 5.01. The van der Waals surface area contributed by atoms with Gasteiger partial charge >= 0.3 is 0 Å². The predicted octanol–water partition coefficient (Wildman–Crippen LogP) is 1.76. The van der Waals surface area contributed by atoms with Crippen LogP contribution in [0.3, 0.4) is 0 Å².